The molecule has 0 unspecified atom stereocenters. The van der Waals surface area contributed by atoms with E-state index >= 15 is 0 Å². The monoisotopic (exact) mass is 499 g/mol. The molecule has 3 fully saturated rings. The molecule has 1 aliphatic carbocycles. The molecule has 0 atom stereocenters. The van der Waals surface area contributed by atoms with Crippen LogP contribution in [-0.4, -0.2) is 65.9 Å². The molecule has 7 nitrogen and oxygen atoms in total. The molecule has 4 heterocycles. The second-order valence-electron chi connectivity index (χ2n) is 10.1. The zero-order valence-electron chi connectivity index (χ0n) is 20.2. The van der Waals surface area contributed by atoms with Crippen molar-refractivity contribution in [1.29, 1.82) is 5.26 Å². The number of hydrogen-bond acceptors (Lipinski definition) is 6. The minimum Gasteiger partial charge on any atom is -0.369 e. The maximum absolute atomic E-state index is 13.8. The van der Waals surface area contributed by atoms with Crippen molar-refractivity contribution < 1.29 is 9.59 Å². The Morgan fingerprint density at radius 3 is 2.33 bits per heavy atom. The number of carbonyl (C=O) groups excluding carboxylic acids is 2. The van der Waals surface area contributed by atoms with Crippen molar-refractivity contribution in [1.82, 2.24) is 14.8 Å². The highest BCUT2D eigenvalue weighted by molar-refractivity contribution is 7.17. The van der Waals surface area contributed by atoms with Gasteiger partial charge in [-0.2, -0.15) is 5.26 Å². The van der Waals surface area contributed by atoms with Gasteiger partial charge in [0, 0.05) is 51.4 Å². The van der Waals surface area contributed by atoms with Crippen molar-refractivity contribution in [3.8, 4) is 6.07 Å². The van der Waals surface area contributed by atoms with Gasteiger partial charge in [0.25, 0.3) is 5.91 Å². The van der Waals surface area contributed by atoms with Crippen LogP contribution in [0, 0.1) is 17.2 Å². The van der Waals surface area contributed by atoms with Crippen LogP contribution < -0.4 is 4.90 Å². The van der Waals surface area contributed by atoms with Crippen LogP contribution in [0.2, 0.25) is 0 Å². The number of hydrogen-bond donors (Lipinski definition) is 0. The lowest BCUT2D eigenvalue weighted by atomic mass is 9.74. The van der Waals surface area contributed by atoms with Crippen molar-refractivity contribution in [2.75, 3.05) is 44.2 Å². The minimum absolute atomic E-state index is 0.0218. The lowest BCUT2D eigenvalue weighted by Gasteiger charge is -2.40. The molecule has 3 aliphatic rings. The summed E-state index contributed by atoms with van der Waals surface area (Å²) in [6, 6.07) is 14.7. The number of piperidine rings is 1. The molecule has 0 N–H and O–H groups in total. The van der Waals surface area contributed by atoms with Gasteiger partial charge in [-0.3, -0.25) is 14.6 Å². The summed E-state index contributed by atoms with van der Waals surface area (Å²) in [5.74, 6) is 0.434. The van der Waals surface area contributed by atoms with Gasteiger partial charge in [0.05, 0.1) is 33.0 Å². The van der Waals surface area contributed by atoms with Crippen molar-refractivity contribution in [2.24, 2.45) is 5.92 Å². The van der Waals surface area contributed by atoms with Gasteiger partial charge in [-0.05, 0) is 42.7 Å². The molecule has 0 bridgehead atoms. The SMILES string of the molecule is N#CC1(c2ccccc2)CCN(c2c(C(=O)N3CCN(C(=O)C4CC4)CC3)cnc3ccsc23)CC1. The van der Waals surface area contributed by atoms with Crippen LogP contribution in [0.3, 0.4) is 0 Å². The summed E-state index contributed by atoms with van der Waals surface area (Å²) in [4.78, 5) is 36.9. The maximum Gasteiger partial charge on any atom is 0.257 e. The number of nitrogens with zero attached hydrogens (tertiary/aromatic N) is 5. The number of rotatable bonds is 4. The molecular formula is C28H29N5O2S. The molecule has 2 saturated heterocycles. The number of piperazine rings is 1. The molecule has 0 spiro atoms. The van der Waals surface area contributed by atoms with Crippen LogP contribution in [0.1, 0.15) is 41.6 Å². The number of thiophene rings is 1. The van der Waals surface area contributed by atoms with Crippen LogP contribution >= 0.6 is 11.3 Å². The predicted octanol–water partition coefficient (Wildman–Crippen LogP) is 4.05. The van der Waals surface area contributed by atoms with Crippen LogP contribution in [0.5, 0.6) is 0 Å². The normalized spacial score (nSPS) is 19.8. The van der Waals surface area contributed by atoms with E-state index < -0.39 is 5.41 Å². The summed E-state index contributed by atoms with van der Waals surface area (Å²) < 4.78 is 1.02. The Hall–Kier alpha value is -3.44. The fourth-order valence-corrected chi connectivity index (χ4v) is 6.52. The zero-order valence-corrected chi connectivity index (χ0v) is 21.0. The maximum atomic E-state index is 13.8. The highest BCUT2D eigenvalue weighted by Crippen LogP contribution is 2.41. The summed E-state index contributed by atoms with van der Waals surface area (Å²) >= 11 is 1.61. The molecule has 3 aromatic rings. The van der Waals surface area contributed by atoms with Crippen LogP contribution in [0.15, 0.2) is 48.0 Å². The molecule has 36 heavy (non-hydrogen) atoms. The molecule has 1 aromatic carbocycles. The molecule has 1 saturated carbocycles. The van der Waals surface area contributed by atoms with E-state index in [4.69, 9.17) is 0 Å². The largest absolute Gasteiger partial charge is 0.369 e. The molecular weight excluding hydrogens is 470 g/mol. The number of amides is 2. The fourth-order valence-electron chi connectivity index (χ4n) is 5.59. The molecule has 6 rings (SSSR count). The second-order valence-corrected chi connectivity index (χ2v) is 11.0. The summed E-state index contributed by atoms with van der Waals surface area (Å²) in [5.41, 5.74) is 3.02. The van der Waals surface area contributed by atoms with Gasteiger partial charge in [-0.25, -0.2) is 0 Å². The number of pyridine rings is 1. The number of benzene rings is 1. The van der Waals surface area contributed by atoms with Crippen LogP contribution in [-0.2, 0) is 10.2 Å². The third kappa shape index (κ3) is 4.01. The lowest BCUT2D eigenvalue weighted by Crippen LogP contribution is -2.51. The summed E-state index contributed by atoms with van der Waals surface area (Å²) in [6.07, 6.45) is 5.14. The molecule has 2 aliphatic heterocycles. The quantitative estimate of drug-likeness (QED) is 0.541. The highest BCUT2D eigenvalue weighted by atomic mass is 32.1. The van der Waals surface area contributed by atoms with Gasteiger partial charge in [-0.1, -0.05) is 30.3 Å². The number of nitriles is 1. The first-order valence-electron chi connectivity index (χ1n) is 12.8. The first-order valence-corrected chi connectivity index (χ1v) is 13.6. The molecule has 2 amide bonds. The second kappa shape index (κ2) is 9.21. The Labute approximate surface area is 214 Å². The van der Waals surface area contributed by atoms with Gasteiger partial charge in [0.15, 0.2) is 0 Å². The van der Waals surface area contributed by atoms with E-state index in [9.17, 15) is 14.9 Å². The Morgan fingerprint density at radius 1 is 0.972 bits per heavy atom. The van der Waals surface area contributed by atoms with Gasteiger partial charge in [0.2, 0.25) is 5.91 Å². The van der Waals surface area contributed by atoms with Crippen molar-refractivity contribution in [3.05, 3.63) is 59.1 Å². The topological polar surface area (TPSA) is 80.5 Å². The van der Waals surface area contributed by atoms with E-state index in [1.54, 1.807) is 17.5 Å². The number of aromatic nitrogens is 1. The van der Waals surface area contributed by atoms with E-state index in [2.05, 4.69) is 16.0 Å². The fraction of sp³-hybridized carbons (Fsp3) is 0.429. The molecule has 184 valence electrons. The lowest BCUT2D eigenvalue weighted by molar-refractivity contribution is -0.134. The standard InChI is InChI=1S/C28H29N5O2S/c29-19-28(21-4-2-1-3-5-21)9-11-31(12-10-28)24-22(18-30-23-8-17-36-25(23)24)27(35)33-15-13-32(14-16-33)26(34)20-6-7-20/h1-5,8,17-18,20H,6-7,9-16H2. The van der Waals surface area contributed by atoms with Crippen LogP contribution in [0.4, 0.5) is 5.69 Å². The molecule has 0 radical (unpaired) electrons. The van der Waals surface area contributed by atoms with E-state index in [0.717, 1.165) is 34.3 Å². The first-order chi connectivity index (χ1) is 17.6. The van der Waals surface area contributed by atoms with Crippen molar-refractivity contribution in [3.63, 3.8) is 0 Å². The third-order valence-electron chi connectivity index (χ3n) is 7.96. The Balaban J connectivity index is 1.25. The first kappa shape index (κ1) is 23.0. The predicted molar refractivity (Wildman–Crippen MR) is 140 cm³/mol. The molecule has 8 heteroatoms. The van der Waals surface area contributed by atoms with Gasteiger partial charge < -0.3 is 14.7 Å². The van der Waals surface area contributed by atoms with Crippen LogP contribution in [0.25, 0.3) is 10.2 Å². The number of carbonyl (C=O) groups is 2. The average Bonchev–Trinajstić information content (AvgIpc) is 3.69. The van der Waals surface area contributed by atoms with Crippen molar-refractivity contribution >= 4 is 39.1 Å². The number of anilines is 1. The van der Waals surface area contributed by atoms with Gasteiger partial charge in [-0.15, -0.1) is 11.3 Å². The van der Waals surface area contributed by atoms with Gasteiger partial charge in [0.1, 0.15) is 0 Å². The van der Waals surface area contributed by atoms with E-state index in [1.807, 2.05) is 51.6 Å². The van der Waals surface area contributed by atoms with Gasteiger partial charge >= 0.3 is 0 Å². The summed E-state index contributed by atoms with van der Waals surface area (Å²) in [6.45, 7) is 3.68. The average molecular weight is 500 g/mol. The highest BCUT2D eigenvalue weighted by Gasteiger charge is 2.39. The third-order valence-corrected chi connectivity index (χ3v) is 8.87. The van der Waals surface area contributed by atoms with E-state index in [-0.39, 0.29) is 17.7 Å². The summed E-state index contributed by atoms with van der Waals surface area (Å²) in [5, 5.41) is 12.2. The Kier molecular flexibility index (Phi) is 5.88. The minimum atomic E-state index is -0.506. The smallest absolute Gasteiger partial charge is 0.257 e. The number of fused-ring (bicyclic) bond motifs is 1. The Bertz CT molecular complexity index is 1330. The Morgan fingerprint density at radius 2 is 1.67 bits per heavy atom. The van der Waals surface area contributed by atoms with Crippen molar-refractivity contribution in [2.45, 2.75) is 31.1 Å². The van der Waals surface area contributed by atoms with E-state index in [1.165, 1.54) is 0 Å². The van der Waals surface area contributed by atoms with E-state index in [0.29, 0.717) is 57.7 Å². The zero-order chi connectivity index (χ0) is 24.7. The summed E-state index contributed by atoms with van der Waals surface area (Å²) in [7, 11) is 0. The molecule has 2 aromatic heterocycles.